The monoisotopic (exact) mass is 448 g/mol. The van der Waals surface area contributed by atoms with Gasteiger partial charge in [-0.15, -0.1) is 0 Å². The Kier molecular flexibility index (Phi) is 10.5. The van der Waals surface area contributed by atoms with Crippen molar-refractivity contribution in [3.8, 4) is 0 Å². The van der Waals surface area contributed by atoms with E-state index in [9.17, 15) is 19.1 Å². The third kappa shape index (κ3) is 9.42. The van der Waals surface area contributed by atoms with Crippen molar-refractivity contribution in [2.24, 2.45) is 5.11 Å². The predicted molar refractivity (Wildman–Crippen MR) is 115 cm³/mol. The number of hydrogen-bond donors (Lipinski definition) is 2. The molecule has 2 N–H and O–H groups in total. The number of aliphatic hydroxyl groups is 1. The van der Waals surface area contributed by atoms with Gasteiger partial charge in [-0.1, -0.05) is 25.9 Å². The average molecular weight is 449 g/mol. The molecule has 0 rings (SSSR count). The van der Waals surface area contributed by atoms with Crippen LogP contribution in [0.15, 0.2) is 5.11 Å². The fourth-order valence-corrected chi connectivity index (χ4v) is 3.79. The molecule has 0 heterocycles. The highest BCUT2D eigenvalue weighted by Crippen LogP contribution is 2.38. The lowest BCUT2D eigenvalue weighted by molar-refractivity contribution is -0.157. The van der Waals surface area contributed by atoms with E-state index in [1.807, 2.05) is 33.9 Å². The molecule has 4 atom stereocenters. The van der Waals surface area contributed by atoms with E-state index in [1.54, 1.807) is 20.8 Å². The van der Waals surface area contributed by atoms with E-state index >= 15 is 0 Å². The molecular formula is C19H37FN4O5Si. The molecular weight excluding hydrogens is 411 g/mol. The first-order chi connectivity index (χ1) is 13.4. The Morgan fingerprint density at radius 3 is 2.13 bits per heavy atom. The summed E-state index contributed by atoms with van der Waals surface area (Å²) >= 11 is 0. The summed E-state index contributed by atoms with van der Waals surface area (Å²) in [6, 6.07) is -2.41. The lowest BCUT2D eigenvalue weighted by Gasteiger charge is -2.42. The summed E-state index contributed by atoms with van der Waals surface area (Å²) in [5.74, 6) is -1.26. The smallest absolute Gasteiger partial charge is 0.315 e. The highest BCUT2D eigenvalue weighted by Gasteiger charge is 2.43. The summed E-state index contributed by atoms with van der Waals surface area (Å²) < 4.78 is 25.0. The molecule has 0 bridgehead atoms. The molecule has 9 nitrogen and oxygen atoms in total. The number of carbonyl (C=O) groups excluding carboxylic acids is 2. The van der Waals surface area contributed by atoms with Crippen molar-refractivity contribution in [1.82, 2.24) is 5.32 Å². The number of alkyl halides is 1. The zero-order chi connectivity index (χ0) is 23.9. The van der Waals surface area contributed by atoms with Gasteiger partial charge in [-0.25, -0.2) is 4.39 Å². The van der Waals surface area contributed by atoms with Crippen LogP contribution in [-0.2, 0) is 18.8 Å². The van der Waals surface area contributed by atoms with Gasteiger partial charge in [-0.05, 0) is 50.9 Å². The van der Waals surface area contributed by atoms with Crippen molar-refractivity contribution in [3.05, 3.63) is 10.4 Å². The lowest BCUT2D eigenvalue weighted by Crippen LogP contribution is -2.57. The Morgan fingerprint density at radius 2 is 1.77 bits per heavy atom. The quantitative estimate of drug-likeness (QED) is 0.173. The topological polar surface area (TPSA) is 134 Å². The van der Waals surface area contributed by atoms with Crippen LogP contribution in [-0.4, -0.2) is 61.9 Å². The number of amides is 1. The summed E-state index contributed by atoms with van der Waals surface area (Å²) in [5, 5.41) is 16.0. The van der Waals surface area contributed by atoms with Crippen molar-refractivity contribution >= 4 is 20.2 Å². The van der Waals surface area contributed by atoms with Crippen LogP contribution < -0.4 is 5.32 Å². The number of carbonyl (C=O) groups is 2. The minimum absolute atomic E-state index is 0.187. The summed E-state index contributed by atoms with van der Waals surface area (Å²) in [5.41, 5.74) is 8.12. The third-order valence-corrected chi connectivity index (χ3v) is 9.43. The minimum atomic E-state index is -2.48. The Bertz CT molecular complexity index is 642. The molecule has 11 heteroatoms. The van der Waals surface area contributed by atoms with Gasteiger partial charge in [-0.2, -0.15) is 0 Å². The highest BCUT2D eigenvalue weighted by atomic mass is 28.4. The second kappa shape index (κ2) is 11.1. The van der Waals surface area contributed by atoms with Crippen molar-refractivity contribution in [3.63, 3.8) is 0 Å². The molecule has 30 heavy (non-hydrogen) atoms. The van der Waals surface area contributed by atoms with Gasteiger partial charge in [0.2, 0.25) is 5.91 Å². The summed E-state index contributed by atoms with van der Waals surface area (Å²) in [6.45, 7) is 15.0. The Morgan fingerprint density at radius 1 is 1.23 bits per heavy atom. The predicted octanol–water partition coefficient (Wildman–Crippen LogP) is 3.62. The Labute approximate surface area is 179 Å². The van der Waals surface area contributed by atoms with Gasteiger partial charge >= 0.3 is 5.97 Å². The average Bonchev–Trinajstić information content (AvgIpc) is 2.54. The molecule has 0 spiro atoms. The number of nitrogens with one attached hydrogen (secondary N) is 1. The molecule has 0 saturated heterocycles. The zero-order valence-electron chi connectivity index (χ0n) is 19.5. The number of azide groups is 1. The largest absolute Gasteiger partial charge is 0.460 e. The van der Waals surface area contributed by atoms with Crippen molar-refractivity contribution in [2.45, 2.75) is 103 Å². The Hall–Kier alpha value is -1.68. The molecule has 0 fully saturated rings. The fourth-order valence-electron chi connectivity index (χ4n) is 2.43. The Balaban J connectivity index is 6.13. The number of nitrogens with zero attached hydrogens (tertiary/aromatic N) is 3. The minimum Gasteiger partial charge on any atom is -0.460 e. The van der Waals surface area contributed by atoms with Gasteiger partial charge in [0.05, 0.1) is 12.1 Å². The van der Waals surface area contributed by atoms with E-state index in [4.69, 9.17) is 14.7 Å². The van der Waals surface area contributed by atoms with Crippen LogP contribution in [0.4, 0.5) is 4.39 Å². The normalized spacial score (nSPS) is 16.6. The first-order valence-electron chi connectivity index (χ1n) is 9.91. The van der Waals surface area contributed by atoms with Gasteiger partial charge in [-0.3, -0.25) is 9.59 Å². The third-order valence-electron chi connectivity index (χ3n) is 4.92. The maximum Gasteiger partial charge on any atom is 0.315 e. The molecule has 0 unspecified atom stereocenters. The maximum absolute atomic E-state index is 13.4. The number of aliphatic hydroxyl groups excluding tert-OH is 1. The van der Waals surface area contributed by atoms with Crippen LogP contribution in [0.1, 0.15) is 54.9 Å². The standard InChI is InChI=1S/C19H37FN4O5Si/c1-12(25)22-16(14(26)11-20)15(29-30(8,9)19(5,6)7)10-13(23-24-21)17(27)28-18(2,3)4/h13-16,26H,10-11H2,1-9H3,(H,22,25)/t13-,14+,15-,16-/m0/s1. The van der Waals surface area contributed by atoms with E-state index in [2.05, 4.69) is 15.3 Å². The zero-order valence-corrected chi connectivity index (χ0v) is 20.5. The molecule has 1 amide bonds. The van der Waals surface area contributed by atoms with E-state index in [1.165, 1.54) is 6.92 Å². The van der Waals surface area contributed by atoms with E-state index in [0.29, 0.717) is 0 Å². The van der Waals surface area contributed by atoms with Crippen LogP contribution in [0.5, 0.6) is 0 Å². The number of rotatable bonds is 10. The molecule has 0 aromatic carbocycles. The highest BCUT2D eigenvalue weighted by molar-refractivity contribution is 6.74. The lowest BCUT2D eigenvalue weighted by atomic mass is 9.98. The number of halogens is 1. The molecule has 0 aliphatic heterocycles. The van der Waals surface area contributed by atoms with Gasteiger partial charge in [0.15, 0.2) is 8.32 Å². The number of esters is 1. The van der Waals surface area contributed by atoms with Crippen molar-refractivity contribution < 1.29 is 28.2 Å². The van der Waals surface area contributed by atoms with Gasteiger partial charge in [0, 0.05) is 11.8 Å². The second-order valence-corrected chi connectivity index (χ2v) is 14.6. The molecule has 0 aliphatic carbocycles. The molecule has 174 valence electrons. The van der Waals surface area contributed by atoms with Gasteiger partial charge in [0.1, 0.15) is 24.4 Å². The van der Waals surface area contributed by atoms with Gasteiger partial charge < -0.3 is 19.6 Å². The first kappa shape index (κ1) is 28.3. The maximum atomic E-state index is 13.4. The SMILES string of the molecule is CC(=O)N[C@@H]([C@H](O)CF)[C@H](C[C@H](N=[N+]=[N-])C(=O)OC(C)(C)C)O[Si](C)(C)C(C)(C)C. The van der Waals surface area contributed by atoms with Gasteiger partial charge in [0.25, 0.3) is 0 Å². The molecule has 0 saturated carbocycles. The molecule has 0 aliphatic rings. The first-order valence-corrected chi connectivity index (χ1v) is 12.8. The van der Waals surface area contributed by atoms with Crippen LogP contribution in [0.25, 0.3) is 10.4 Å². The van der Waals surface area contributed by atoms with Crippen molar-refractivity contribution in [1.29, 1.82) is 0 Å². The van der Waals surface area contributed by atoms with Crippen LogP contribution >= 0.6 is 0 Å². The van der Waals surface area contributed by atoms with E-state index in [0.717, 1.165) is 0 Å². The number of hydrogen-bond acceptors (Lipinski definition) is 6. The van der Waals surface area contributed by atoms with Crippen molar-refractivity contribution in [2.75, 3.05) is 6.67 Å². The van der Waals surface area contributed by atoms with Crippen LogP contribution in [0.3, 0.4) is 0 Å². The molecule has 0 aromatic rings. The van der Waals surface area contributed by atoms with E-state index in [-0.39, 0.29) is 11.5 Å². The summed E-state index contributed by atoms with van der Waals surface area (Å²) in [7, 11) is -2.48. The fraction of sp³-hybridized carbons (Fsp3) is 0.895. The van der Waals surface area contributed by atoms with Crippen LogP contribution in [0, 0.1) is 0 Å². The molecule has 0 aromatic heterocycles. The summed E-state index contributed by atoms with van der Waals surface area (Å²) in [4.78, 5) is 27.0. The molecule has 0 radical (unpaired) electrons. The van der Waals surface area contributed by atoms with E-state index < -0.39 is 56.8 Å². The van der Waals surface area contributed by atoms with Crippen LogP contribution in [0.2, 0.25) is 18.1 Å². The second-order valence-electron chi connectivity index (χ2n) is 9.85. The summed E-state index contributed by atoms with van der Waals surface area (Å²) in [6.07, 6.45) is -2.73. The number of ether oxygens (including phenoxy) is 1.